The molecule has 2 N–H and O–H groups in total. The topological polar surface area (TPSA) is 79.4 Å². The van der Waals surface area contributed by atoms with Crippen molar-refractivity contribution in [2.75, 3.05) is 5.32 Å². The summed E-state index contributed by atoms with van der Waals surface area (Å²) in [7, 11) is 0. The van der Waals surface area contributed by atoms with Gasteiger partial charge in [0.2, 0.25) is 5.13 Å². The molecule has 6 nitrogen and oxygen atoms in total. The summed E-state index contributed by atoms with van der Waals surface area (Å²) in [6.07, 6.45) is 3.51. The molecule has 0 aliphatic heterocycles. The molecule has 0 amide bonds. The second-order valence-electron chi connectivity index (χ2n) is 5.71. The van der Waals surface area contributed by atoms with Crippen LogP contribution in [0.3, 0.4) is 0 Å². The zero-order valence-electron chi connectivity index (χ0n) is 13.7. The molecule has 2 aromatic carbocycles. The maximum Gasteiger partial charge on any atom is 0.210 e. The minimum atomic E-state index is 0.601. The second kappa shape index (κ2) is 6.73. The van der Waals surface area contributed by atoms with Crippen molar-refractivity contribution in [2.24, 2.45) is 0 Å². The lowest BCUT2D eigenvalue weighted by atomic mass is 10.1. The largest absolute Gasteiger partial charge is 0.329 e. The van der Waals surface area contributed by atoms with E-state index in [1.165, 1.54) is 11.3 Å². The predicted octanol–water partition coefficient (Wildman–Crippen LogP) is 5.60. The Morgan fingerprint density at radius 3 is 2.78 bits per heavy atom. The summed E-state index contributed by atoms with van der Waals surface area (Å²) in [5.74, 6) is 0. The Kier molecular flexibility index (Phi) is 4.08. The van der Waals surface area contributed by atoms with Gasteiger partial charge in [-0.1, -0.05) is 41.1 Å². The number of H-pyrrole nitrogens is 1. The summed E-state index contributed by atoms with van der Waals surface area (Å²) < 4.78 is 0. The number of nitrogens with zero attached hydrogens (tertiary/aromatic N) is 4. The molecule has 27 heavy (non-hydrogen) atoms. The quantitative estimate of drug-likeness (QED) is 0.403. The number of rotatable bonds is 4. The molecule has 5 rings (SSSR count). The summed E-state index contributed by atoms with van der Waals surface area (Å²) in [6, 6.07) is 12.0. The van der Waals surface area contributed by atoms with E-state index < -0.39 is 0 Å². The highest BCUT2D eigenvalue weighted by atomic mass is 35.5. The average Bonchev–Trinajstić information content (AvgIpc) is 3.46. The third kappa shape index (κ3) is 3.08. The van der Waals surface area contributed by atoms with Gasteiger partial charge in [0, 0.05) is 28.1 Å². The number of halogens is 1. The third-order valence-electron chi connectivity index (χ3n) is 4.01. The van der Waals surface area contributed by atoms with Crippen molar-refractivity contribution < 1.29 is 0 Å². The van der Waals surface area contributed by atoms with Crippen molar-refractivity contribution in [2.45, 2.75) is 0 Å². The minimum absolute atomic E-state index is 0.601. The molecule has 5 aromatic rings. The van der Waals surface area contributed by atoms with Crippen molar-refractivity contribution in [3.05, 3.63) is 59.2 Å². The first-order chi connectivity index (χ1) is 13.3. The smallest absolute Gasteiger partial charge is 0.210 e. The van der Waals surface area contributed by atoms with Crippen LogP contribution in [0.5, 0.6) is 0 Å². The monoisotopic (exact) mass is 410 g/mol. The summed E-state index contributed by atoms with van der Waals surface area (Å²) in [6.45, 7) is 0. The molecular formula is C18H11ClN6S2. The first-order valence-corrected chi connectivity index (χ1v) is 10.1. The Labute approximate surface area is 166 Å². The van der Waals surface area contributed by atoms with Crippen LogP contribution in [0.1, 0.15) is 0 Å². The van der Waals surface area contributed by atoms with E-state index in [0.29, 0.717) is 10.2 Å². The van der Waals surface area contributed by atoms with Crippen LogP contribution in [0, 0.1) is 0 Å². The summed E-state index contributed by atoms with van der Waals surface area (Å²) in [5.41, 5.74) is 3.73. The molecule has 0 bridgehead atoms. The normalized spacial score (nSPS) is 11.1. The van der Waals surface area contributed by atoms with Gasteiger partial charge in [0.15, 0.2) is 0 Å². The van der Waals surface area contributed by atoms with Crippen LogP contribution < -0.4 is 5.32 Å². The van der Waals surface area contributed by atoms with Crippen LogP contribution in [0.15, 0.2) is 54.2 Å². The molecule has 0 radical (unpaired) electrons. The van der Waals surface area contributed by atoms with Crippen LogP contribution in [0.4, 0.5) is 10.8 Å². The Bertz CT molecular complexity index is 1230. The highest BCUT2D eigenvalue weighted by Crippen LogP contribution is 2.35. The van der Waals surface area contributed by atoms with E-state index in [9.17, 15) is 0 Å². The van der Waals surface area contributed by atoms with Crippen LogP contribution in [-0.2, 0) is 0 Å². The molecule has 3 heterocycles. The van der Waals surface area contributed by atoms with Gasteiger partial charge in [-0.3, -0.25) is 5.10 Å². The lowest BCUT2D eigenvalue weighted by Crippen LogP contribution is -1.90. The zero-order valence-corrected chi connectivity index (χ0v) is 16.1. The fourth-order valence-electron chi connectivity index (χ4n) is 2.74. The number of anilines is 2. The molecule has 0 unspecified atom stereocenters. The molecule has 0 atom stereocenters. The highest BCUT2D eigenvalue weighted by molar-refractivity contribution is 7.18. The molecule has 0 saturated carbocycles. The molecule has 0 saturated heterocycles. The van der Waals surface area contributed by atoms with Gasteiger partial charge in [-0.2, -0.15) is 5.10 Å². The van der Waals surface area contributed by atoms with Crippen LogP contribution in [0.25, 0.3) is 32.0 Å². The molecule has 3 aromatic heterocycles. The van der Waals surface area contributed by atoms with E-state index in [1.807, 2.05) is 35.7 Å². The van der Waals surface area contributed by atoms with Crippen molar-refractivity contribution in [3.63, 3.8) is 0 Å². The second-order valence-corrected chi connectivity index (χ2v) is 7.96. The standard InChI is InChI=1S/C18H11ClN6S2/c19-15-12-9-21-23-13(12)4-5-14(15)22-18-25-24-17(27-18)11-3-1-2-10(8-11)16-20-6-7-26-16/h1-9H,(H,21,23)(H,22,25). The lowest BCUT2D eigenvalue weighted by molar-refractivity contribution is 1.10. The molecular weight excluding hydrogens is 400 g/mol. The minimum Gasteiger partial charge on any atom is -0.329 e. The SMILES string of the molecule is Clc1c(Nc2nnc(-c3cccc(-c4nccs4)c3)s2)ccc2[nH]ncc12. The van der Waals surface area contributed by atoms with E-state index in [1.54, 1.807) is 23.7 Å². The highest BCUT2D eigenvalue weighted by Gasteiger charge is 2.12. The van der Waals surface area contributed by atoms with E-state index in [-0.39, 0.29) is 0 Å². The van der Waals surface area contributed by atoms with Crippen molar-refractivity contribution in [1.82, 2.24) is 25.4 Å². The van der Waals surface area contributed by atoms with E-state index >= 15 is 0 Å². The number of hydrogen-bond acceptors (Lipinski definition) is 7. The van der Waals surface area contributed by atoms with Crippen molar-refractivity contribution >= 4 is 56.0 Å². The van der Waals surface area contributed by atoms with E-state index in [4.69, 9.17) is 11.6 Å². The van der Waals surface area contributed by atoms with Gasteiger partial charge >= 0.3 is 0 Å². The fraction of sp³-hybridized carbons (Fsp3) is 0. The van der Waals surface area contributed by atoms with Gasteiger partial charge < -0.3 is 5.32 Å². The summed E-state index contributed by atoms with van der Waals surface area (Å²) in [4.78, 5) is 4.36. The zero-order chi connectivity index (χ0) is 18.2. The number of benzene rings is 2. The van der Waals surface area contributed by atoms with E-state index in [2.05, 4.69) is 36.8 Å². The lowest BCUT2D eigenvalue weighted by Gasteiger charge is -2.05. The molecule has 9 heteroatoms. The number of thiazole rings is 1. The number of hydrogen-bond donors (Lipinski definition) is 2. The van der Waals surface area contributed by atoms with Gasteiger partial charge in [0.25, 0.3) is 0 Å². The fourth-order valence-corrected chi connectivity index (χ4v) is 4.38. The van der Waals surface area contributed by atoms with Crippen molar-refractivity contribution in [1.29, 1.82) is 0 Å². The molecule has 132 valence electrons. The maximum atomic E-state index is 6.46. The van der Waals surface area contributed by atoms with Crippen LogP contribution in [-0.4, -0.2) is 25.4 Å². The van der Waals surface area contributed by atoms with Gasteiger partial charge in [-0.15, -0.1) is 21.5 Å². The average molecular weight is 411 g/mol. The van der Waals surface area contributed by atoms with E-state index in [0.717, 1.165) is 37.7 Å². The Hall–Kier alpha value is -2.81. The van der Waals surface area contributed by atoms with Crippen LogP contribution >= 0.6 is 34.3 Å². The first-order valence-electron chi connectivity index (χ1n) is 8.00. The van der Waals surface area contributed by atoms with Crippen LogP contribution in [0.2, 0.25) is 5.02 Å². The summed E-state index contributed by atoms with van der Waals surface area (Å²) >= 11 is 9.54. The Morgan fingerprint density at radius 2 is 1.93 bits per heavy atom. The van der Waals surface area contributed by atoms with Gasteiger partial charge in [0.05, 0.1) is 22.4 Å². The Morgan fingerprint density at radius 1 is 1.04 bits per heavy atom. The van der Waals surface area contributed by atoms with Gasteiger partial charge in [-0.25, -0.2) is 4.98 Å². The number of aromatic nitrogens is 5. The number of aromatic amines is 1. The number of fused-ring (bicyclic) bond motifs is 1. The maximum absolute atomic E-state index is 6.46. The van der Waals surface area contributed by atoms with Gasteiger partial charge in [0.1, 0.15) is 10.0 Å². The third-order valence-corrected chi connectivity index (χ3v) is 6.13. The first kappa shape index (κ1) is 16.4. The predicted molar refractivity (Wildman–Crippen MR) is 111 cm³/mol. The Balaban J connectivity index is 1.44. The number of nitrogens with one attached hydrogen (secondary N) is 2. The molecule has 0 fully saturated rings. The molecule has 0 aliphatic rings. The molecule has 0 aliphatic carbocycles. The van der Waals surface area contributed by atoms with Crippen molar-refractivity contribution in [3.8, 4) is 21.1 Å². The summed E-state index contributed by atoms with van der Waals surface area (Å²) in [5, 5.41) is 24.7. The molecule has 0 spiro atoms. The van der Waals surface area contributed by atoms with Gasteiger partial charge in [-0.05, 0) is 18.2 Å².